The number of hydrogen-bond acceptors (Lipinski definition) is 3. The van der Waals surface area contributed by atoms with Crippen LogP contribution in [0.25, 0.3) is 11.0 Å². The third kappa shape index (κ3) is 3.79. The molecule has 0 unspecified atom stereocenters. The first-order valence-corrected chi connectivity index (χ1v) is 8.78. The van der Waals surface area contributed by atoms with E-state index < -0.39 is 5.97 Å². The zero-order valence-electron chi connectivity index (χ0n) is 12.6. The maximum absolute atomic E-state index is 11.1. The minimum Gasteiger partial charge on any atom is -0.478 e. The molecule has 21 heavy (non-hydrogen) atoms. The van der Waals surface area contributed by atoms with E-state index in [1.165, 1.54) is 12.2 Å². The number of imidazole rings is 1. The quantitative estimate of drug-likeness (QED) is 0.753. The van der Waals surface area contributed by atoms with Crippen molar-refractivity contribution in [3.63, 3.8) is 0 Å². The smallest absolute Gasteiger partial charge is 0.335 e. The molecule has 0 amide bonds. The molecular weight excluding hydrogens is 284 g/mol. The number of nitrogens with zero attached hydrogens (tertiary/aromatic N) is 2. The fraction of sp³-hybridized carbons (Fsp3) is 0.500. The molecule has 2 aromatic rings. The van der Waals surface area contributed by atoms with Gasteiger partial charge in [0.15, 0.2) is 0 Å². The Labute approximate surface area is 129 Å². The van der Waals surface area contributed by atoms with Gasteiger partial charge >= 0.3 is 5.97 Å². The predicted octanol–water partition coefficient (Wildman–Crippen LogP) is 3.83. The lowest BCUT2D eigenvalue weighted by molar-refractivity contribution is 0.0697. The van der Waals surface area contributed by atoms with Gasteiger partial charge in [0.2, 0.25) is 0 Å². The summed E-state index contributed by atoms with van der Waals surface area (Å²) < 4.78 is 2.25. The molecule has 0 aliphatic rings. The van der Waals surface area contributed by atoms with E-state index in [4.69, 9.17) is 5.11 Å². The molecule has 1 N–H and O–H groups in total. The van der Waals surface area contributed by atoms with Gasteiger partial charge in [-0.15, -0.1) is 0 Å². The van der Waals surface area contributed by atoms with Crippen LogP contribution in [-0.2, 0) is 13.0 Å². The Balaban J connectivity index is 2.31. The maximum Gasteiger partial charge on any atom is 0.335 e. The molecular formula is C16H22N2O2S. The summed E-state index contributed by atoms with van der Waals surface area (Å²) in [7, 11) is 0. The normalized spacial score (nSPS) is 11.1. The van der Waals surface area contributed by atoms with Gasteiger partial charge in [0.05, 0.1) is 16.6 Å². The number of aromatic nitrogens is 2. The predicted molar refractivity (Wildman–Crippen MR) is 88.3 cm³/mol. The molecule has 0 aliphatic heterocycles. The summed E-state index contributed by atoms with van der Waals surface area (Å²) in [6.07, 6.45) is 6.42. The van der Waals surface area contributed by atoms with Crippen LogP contribution in [0, 0.1) is 0 Å². The number of aromatic carboxylic acids is 1. The molecule has 0 saturated carbocycles. The number of benzene rings is 1. The van der Waals surface area contributed by atoms with E-state index in [0.717, 1.165) is 42.7 Å². The largest absolute Gasteiger partial charge is 0.478 e. The molecule has 5 heteroatoms. The lowest BCUT2D eigenvalue weighted by Gasteiger charge is -2.08. The number of fused-ring (bicyclic) bond motifs is 1. The third-order valence-electron chi connectivity index (χ3n) is 3.53. The highest BCUT2D eigenvalue weighted by molar-refractivity contribution is 7.98. The number of thioether (sulfide) groups is 1. The number of unbranched alkanes of at least 4 members (excludes halogenated alkanes) is 1. The molecule has 1 heterocycles. The number of carbonyl (C=O) groups is 1. The minimum absolute atomic E-state index is 0.303. The van der Waals surface area contributed by atoms with Gasteiger partial charge < -0.3 is 9.67 Å². The average Bonchev–Trinajstić information content (AvgIpc) is 2.81. The van der Waals surface area contributed by atoms with Gasteiger partial charge in [-0.1, -0.05) is 6.92 Å². The summed E-state index contributed by atoms with van der Waals surface area (Å²) in [5, 5.41) is 9.09. The van der Waals surface area contributed by atoms with Gasteiger partial charge in [0.25, 0.3) is 0 Å². The molecule has 1 aromatic heterocycles. The van der Waals surface area contributed by atoms with Crippen molar-refractivity contribution in [3.05, 3.63) is 29.6 Å². The van der Waals surface area contributed by atoms with Crippen molar-refractivity contribution in [1.82, 2.24) is 9.55 Å². The summed E-state index contributed by atoms with van der Waals surface area (Å²) in [5.41, 5.74) is 2.15. The summed E-state index contributed by atoms with van der Waals surface area (Å²) in [6, 6.07) is 5.23. The third-order valence-corrected chi connectivity index (χ3v) is 4.22. The molecule has 1 aromatic carbocycles. The molecule has 0 radical (unpaired) electrons. The SMILES string of the molecule is CCCc1nc2cc(C(=O)O)ccc2n1CCCCSC. The fourth-order valence-corrected chi connectivity index (χ4v) is 2.99. The monoisotopic (exact) mass is 306 g/mol. The second-order valence-electron chi connectivity index (χ2n) is 5.14. The topological polar surface area (TPSA) is 55.1 Å². The Hall–Kier alpha value is -1.49. The van der Waals surface area contributed by atoms with Crippen molar-refractivity contribution in [2.45, 2.75) is 39.2 Å². The Morgan fingerprint density at radius 2 is 2.19 bits per heavy atom. The van der Waals surface area contributed by atoms with Crippen LogP contribution in [0.1, 0.15) is 42.4 Å². The van der Waals surface area contributed by atoms with Crippen LogP contribution in [0.4, 0.5) is 0 Å². The van der Waals surface area contributed by atoms with Crippen LogP contribution in [0.2, 0.25) is 0 Å². The van der Waals surface area contributed by atoms with Crippen molar-refractivity contribution < 1.29 is 9.90 Å². The van der Waals surface area contributed by atoms with Crippen LogP contribution in [-0.4, -0.2) is 32.6 Å². The first-order chi connectivity index (χ1) is 10.2. The summed E-state index contributed by atoms with van der Waals surface area (Å²) in [5.74, 6) is 1.35. The maximum atomic E-state index is 11.1. The van der Waals surface area contributed by atoms with Gasteiger partial charge in [-0.25, -0.2) is 9.78 Å². The first-order valence-electron chi connectivity index (χ1n) is 7.38. The van der Waals surface area contributed by atoms with E-state index in [1.807, 2.05) is 17.8 Å². The zero-order chi connectivity index (χ0) is 15.2. The van der Waals surface area contributed by atoms with Crippen molar-refractivity contribution >= 4 is 28.8 Å². The summed E-state index contributed by atoms with van der Waals surface area (Å²) >= 11 is 1.87. The lowest BCUT2D eigenvalue weighted by Crippen LogP contribution is -2.04. The van der Waals surface area contributed by atoms with Crippen LogP contribution in [0.3, 0.4) is 0 Å². The van der Waals surface area contributed by atoms with Crippen molar-refractivity contribution in [2.75, 3.05) is 12.0 Å². The molecule has 2 rings (SSSR count). The average molecular weight is 306 g/mol. The molecule has 0 fully saturated rings. The van der Waals surface area contributed by atoms with Crippen LogP contribution in [0.15, 0.2) is 18.2 Å². The van der Waals surface area contributed by atoms with E-state index >= 15 is 0 Å². The van der Waals surface area contributed by atoms with Gasteiger partial charge in [0, 0.05) is 13.0 Å². The van der Waals surface area contributed by atoms with E-state index in [0.29, 0.717) is 5.56 Å². The number of hydrogen-bond donors (Lipinski definition) is 1. The van der Waals surface area contributed by atoms with E-state index in [2.05, 4.69) is 22.7 Å². The number of aryl methyl sites for hydroxylation is 2. The van der Waals surface area contributed by atoms with Gasteiger partial charge in [-0.05, 0) is 49.5 Å². The molecule has 0 saturated heterocycles. The number of carboxylic acids is 1. The fourth-order valence-electron chi connectivity index (χ4n) is 2.49. The minimum atomic E-state index is -0.900. The molecule has 0 spiro atoms. The Bertz CT molecular complexity index is 622. The van der Waals surface area contributed by atoms with Gasteiger partial charge in [0.1, 0.15) is 5.82 Å². The van der Waals surface area contributed by atoms with Crippen molar-refractivity contribution in [3.8, 4) is 0 Å². The summed E-state index contributed by atoms with van der Waals surface area (Å²) in [4.78, 5) is 15.7. The Kier molecular flexibility index (Phi) is 5.67. The highest BCUT2D eigenvalue weighted by Crippen LogP contribution is 2.20. The van der Waals surface area contributed by atoms with Gasteiger partial charge in [-0.2, -0.15) is 11.8 Å². The highest BCUT2D eigenvalue weighted by atomic mass is 32.2. The van der Waals surface area contributed by atoms with Crippen LogP contribution in [0.5, 0.6) is 0 Å². The lowest BCUT2D eigenvalue weighted by atomic mass is 10.2. The highest BCUT2D eigenvalue weighted by Gasteiger charge is 2.12. The van der Waals surface area contributed by atoms with Crippen LogP contribution >= 0.6 is 11.8 Å². The molecule has 4 nitrogen and oxygen atoms in total. The van der Waals surface area contributed by atoms with E-state index in [1.54, 1.807) is 12.1 Å². The second kappa shape index (κ2) is 7.50. The van der Waals surface area contributed by atoms with Crippen molar-refractivity contribution in [1.29, 1.82) is 0 Å². The zero-order valence-corrected chi connectivity index (χ0v) is 13.4. The Morgan fingerprint density at radius 1 is 1.38 bits per heavy atom. The molecule has 0 atom stereocenters. The molecule has 0 bridgehead atoms. The number of rotatable bonds is 8. The van der Waals surface area contributed by atoms with Crippen molar-refractivity contribution in [2.24, 2.45) is 0 Å². The molecule has 114 valence electrons. The van der Waals surface area contributed by atoms with Gasteiger partial charge in [-0.3, -0.25) is 0 Å². The first kappa shape index (κ1) is 15.9. The standard InChI is InChI=1S/C16H22N2O2S/c1-3-6-15-17-13-11-12(16(19)20)7-8-14(13)18(15)9-4-5-10-21-2/h7-8,11H,3-6,9-10H2,1-2H3,(H,19,20). The molecule has 0 aliphatic carbocycles. The van der Waals surface area contributed by atoms with E-state index in [9.17, 15) is 4.79 Å². The van der Waals surface area contributed by atoms with E-state index in [-0.39, 0.29) is 0 Å². The summed E-state index contributed by atoms with van der Waals surface area (Å²) in [6.45, 7) is 3.10. The van der Waals surface area contributed by atoms with Crippen LogP contribution < -0.4 is 0 Å². The Morgan fingerprint density at radius 3 is 2.86 bits per heavy atom. The number of carboxylic acid groups (broad SMARTS) is 1. The second-order valence-corrected chi connectivity index (χ2v) is 6.12.